The number of ether oxygens (including phenoxy) is 2. The summed E-state index contributed by atoms with van der Waals surface area (Å²) in [5.41, 5.74) is 1.93. The van der Waals surface area contributed by atoms with Crippen LogP contribution in [0.15, 0.2) is 52.9 Å². The van der Waals surface area contributed by atoms with Gasteiger partial charge in [0.25, 0.3) is 0 Å². The number of benzene rings is 2. The predicted octanol–water partition coefficient (Wildman–Crippen LogP) is 3.34. The van der Waals surface area contributed by atoms with Gasteiger partial charge >= 0.3 is 0 Å². The highest BCUT2D eigenvalue weighted by molar-refractivity contribution is 5.51. The molecule has 0 unspecified atom stereocenters. The molecule has 0 bridgehead atoms. The van der Waals surface area contributed by atoms with Crippen molar-refractivity contribution in [2.45, 2.75) is 6.42 Å². The molecule has 0 radical (unpaired) electrons. The van der Waals surface area contributed by atoms with Crippen molar-refractivity contribution in [3.05, 3.63) is 60.0 Å². The smallest absolute Gasteiger partial charge is 0.247 e. The summed E-state index contributed by atoms with van der Waals surface area (Å²) in [5.74, 6) is 2.46. The maximum Gasteiger partial charge on any atom is 0.247 e. The van der Waals surface area contributed by atoms with Gasteiger partial charge < -0.3 is 13.9 Å². The van der Waals surface area contributed by atoms with Gasteiger partial charge in [-0.1, -0.05) is 24.3 Å². The Morgan fingerprint density at radius 1 is 0.909 bits per heavy atom. The summed E-state index contributed by atoms with van der Waals surface area (Å²) < 4.78 is 16.2. The van der Waals surface area contributed by atoms with Crippen LogP contribution in [0, 0.1) is 0 Å². The highest BCUT2D eigenvalue weighted by Crippen LogP contribution is 2.28. The molecule has 0 fully saturated rings. The van der Waals surface area contributed by atoms with E-state index in [9.17, 15) is 0 Å². The molecule has 5 nitrogen and oxygen atoms in total. The molecule has 0 N–H and O–H groups in total. The second-order valence-corrected chi connectivity index (χ2v) is 4.73. The minimum Gasteiger partial charge on any atom is -0.493 e. The largest absolute Gasteiger partial charge is 0.493 e. The highest BCUT2D eigenvalue weighted by atomic mass is 16.5. The number of methoxy groups -OCH3 is 2. The van der Waals surface area contributed by atoms with Crippen LogP contribution in [-0.2, 0) is 6.42 Å². The van der Waals surface area contributed by atoms with E-state index in [1.54, 1.807) is 14.2 Å². The summed E-state index contributed by atoms with van der Waals surface area (Å²) in [4.78, 5) is 0. The van der Waals surface area contributed by atoms with E-state index in [0.29, 0.717) is 29.7 Å². The van der Waals surface area contributed by atoms with Gasteiger partial charge in [0.15, 0.2) is 11.5 Å². The van der Waals surface area contributed by atoms with Crippen molar-refractivity contribution >= 4 is 0 Å². The zero-order valence-corrected chi connectivity index (χ0v) is 12.4. The fraction of sp³-hybridized carbons (Fsp3) is 0.176. The molecular formula is C17H16N2O3. The van der Waals surface area contributed by atoms with Crippen molar-refractivity contribution in [2.75, 3.05) is 14.2 Å². The molecule has 0 saturated heterocycles. The van der Waals surface area contributed by atoms with Gasteiger partial charge in [0, 0.05) is 5.56 Å². The Balaban J connectivity index is 1.81. The third kappa shape index (κ3) is 2.93. The maximum absolute atomic E-state index is 5.71. The van der Waals surface area contributed by atoms with Crippen LogP contribution in [0.5, 0.6) is 11.5 Å². The molecular weight excluding hydrogens is 280 g/mol. The lowest BCUT2D eigenvalue weighted by Crippen LogP contribution is -1.94. The summed E-state index contributed by atoms with van der Waals surface area (Å²) in [6, 6.07) is 15.4. The molecule has 0 saturated carbocycles. The van der Waals surface area contributed by atoms with E-state index < -0.39 is 0 Å². The van der Waals surface area contributed by atoms with Crippen LogP contribution < -0.4 is 9.47 Å². The molecule has 0 aliphatic rings. The lowest BCUT2D eigenvalue weighted by atomic mass is 10.1. The van der Waals surface area contributed by atoms with E-state index >= 15 is 0 Å². The third-order valence-corrected chi connectivity index (χ3v) is 3.29. The second kappa shape index (κ2) is 6.30. The molecule has 0 amide bonds. The topological polar surface area (TPSA) is 57.4 Å². The summed E-state index contributed by atoms with van der Waals surface area (Å²) in [5, 5.41) is 8.18. The summed E-state index contributed by atoms with van der Waals surface area (Å²) in [7, 11) is 3.23. The minimum atomic E-state index is 0.524. The van der Waals surface area contributed by atoms with Crippen molar-refractivity contribution in [1.29, 1.82) is 0 Å². The molecule has 5 heteroatoms. The molecule has 1 aromatic heterocycles. The van der Waals surface area contributed by atoms with Crippen LogP contribution in [0.4, 0.5) is 0 Å². The molecule has 3 rings (SSSR count). The number of hydrogen-bond acceptors (Lipinski definition) is 5. The standard InChI is InChI=1S/C17H16N2O3/c1-20-14-9-8-12(10-15(14)21-2)11-16-18-19-17(22-16)13-6-4-3-5-7-13/h3-10H,11H2,1-2H3. The van der Waals surface area contributed by atoms with Gasteiger partial charge in [-0.15, -0.1) is 10.2 Å². The van der Waals surface area contributed by atoms with Crippen molar-refractivity contribution in [2.24, 2.45) is 0 Å². The van der Waals surface area contributed by atoms with E-state index in [1.807, 2.05) is 48.5 Å². The van der Waals surface area contributed by atoms with Gasteiger partial charge in [0.05, 0.1) is 20.6 Å². The molecule has 3 aromatic rings. The summed E-state index contributed by atoms with van der Waals surface area (Å²) in [6.07, 6.45) is 0.542. The predicted molar refractivity (Wildman–Crippen MR) is 82.1 cm³/mol. The Morgan fingerprint density at radius 3 is 2.41 bits per heavy atom. The van der Waals surface area contributed by atoms with Gasteiger partial charge in [-0.3, -0.25) is 0 Å². The lowest BCUT2D eigenvalue weighted by Gasteiger charge is -2.08. The van der Waals surface area contributed by atoms with Gasteiger partial charge in [-0.2, -0.15) is 0 Å². The SMILES string of the molecule is COc1ccc(Cc2nnc(-c3ccccc3)o2)cc1OC. The molecule has 22 heavy (non-hydrogen) atoms. The van der Waals surface area contributed by atoms with Crippen LogP contribution in [-0.4, -0.2) is 24.4 Å². The number of aromatic nitrogens is 2. The van der Waals surface area contributed by atoms with Crippen LogP contribution in [0.1, 0.15) is 11.5 Å². The highest BCUT2D eigenvalue weighted by Gasteiger charge is 2.11. The molecule has 2 aromatic carbocycles. The Morgan fingerprint density at radius 2 is 1.68 bits per heavy atom. The maximum atomic E-state index is 5.71. The van der Waals surface area contributed by atoms with Crippen molar-refractivity contribution in [3.63, 3.8) is 0 Å². The van der Waals surface area contributed by atoms with Gasteiger partial charge in [0.2, 0.25) is 11.8 Å². The summed E-state index contributed by atoms with van der Waals surface area (Å²) in [6.45, 7) is 0. The number of hydrogen-bond donors (Lipinski definition) is 0. The first kappa shape index (κ1) is 14.1. The van der Waals surface area contributed by atoms with Crippen molar-refractivity contribution < 1.29 is 13.9 Å². The average molecular weight is 296 g/mol. The van der Waals surface area contributed by atoms with Crippen LogP contribution in [0.2, 0.25) is 0 Å². The van der Waals surface area contributed by atoms with Crippen LogP contribution >= 0.6 is 0 Å². The molecule has 0 aliphatic heterocycles. The fourth-order valence-corrected chi connectivity index (χ4v) is 2.19. The first-order valence-electron chi connectivity index (χ1n) is 6.89. The monoisotopic (exact) mass is 296 g/mol. The fourth-order valence-electron chi connectivity index (χ4n) is 2.19. The van der Waals surface area contributed by atoms with Crippen molar-refractivity contribution in [1.82, 2.24) is 10.2 Å². The number of rotatable bonds is 5. The Kier molecular flexibility index (Phi) is 4.05. The van der Waals surface area contributed by atoms with Crippen molar-refractivity contribution in [3.8, 4) is 23.0 Å². The van der Waals surface area contributed by atoms with E-state index in [-0.39, 0.29) is 0 Å². The summed E-state index contributed by atoms with van der Waals surface area (Å²) >= 11 is 0. The third-order valence-electron chi connectivity index (χ3n) is 3.29. The Labute approximate surface area is 128 Å². The first-order chi connectivity index (χ1) is 10.8. The Hall–Kier alpha value is -2.82. The quantitative estimate of drug-likeness (QED) is 0.722. The van der Waals surface area contributed by atoms with Gasteiger partial charge in [-0.25, -0.2) is 0 Å². The minimum absolute atomic E-state index is 0.524. The van der Waals surface area contributed by atoms with Gasteiger partial charge in [0.1, 0.15) is 0 Å². The van der Waals surface area contributed by atoms with Crippen LogP contribution in [0.25, 0.3) is 11.5 Å². The van der Waals surface area contributed by atoms with E-state index in [0.717, 1.165) is 11.1 Å². The Bertz CT molecular complexity index is 754. The molecule has 0 spiro atoms. The van der Waals surface area contributed by atoms with Crippen LogP contribution in [0.3, 0.4) is 0 Å². The normalized spacial score (nSPS) is 10.5. The molecule has 112 valence electrons. The molecule has 0 atom stereocenters. The van der Waals surface area contributed by atoms with Gasteiger partial charge in [-0.05, 0) is 29.8 Å². The zero-order valence-electron chi connectivity index (χ0n) is 12.4. The first-order valence-corrected chi connectivity index (χ1v) is 6.89. The number of nitrogens with zero attached hydrogens (tertiary/aromatic N) is 2. The molecule has 0 aliphatic carbocycles. The second-order valence-electron chi connectivity index (χ2n) is 4.73. The molecule has 1 heterocycles. The van der Waals surface area contributed by atoms with E-state index in [1.165, 1.54) is 0 Å². The lowest BCUT2D eigenvalue weighted by molar-refractivity contribution is 0.354. The van der Waals surface area contributed by atoms with E-state index in [4.69, 9.17) is 13.9 Å². The average Bonchev–Trinajstić information content (AvgIpc) is 3.04. The zero-order chi connectivity index (χ0) is 15.4. The van der Waals surface area contributed by atoms with E-state index in [2.05, 4.69) is 10.2 Å².